The minimum absolute atomic E-state index is 0.0357. The largest absolute Gasteiger partial charge is 0.475 e. The molecule has 0 bridgehead atoms. The van der Waals surface area contributed by atoms with Gasteiger partial charge in [0.25, 0.3) is 5.88 Å². The normalized spacial score (nSPS) is 19.9. The maximum absolute atomic E-state index is 13.2. The van der Waals surface area contributed by atoms with Gasteiger partial charge in [-0.15, -0.1) is 4.37 Å². The van der Waals surface area contributed by atoms with Crippen LogP contribution < -0.4 is 4.74 Å². The summed E-state index contributed by atoms with van der Waals surface area (Å²) < 4.78 is 28.0. The first-order valence-electron chi connectivity index (χ1n) is 18.3. The number of aromatic nitrogens is 2. The Hall–Kier alpha value is -1.51. The van der Waals surface area contributed by atoms with Crippen molar-refractivity contribution in [3.8, 4) is 5.88 Å². The highest BCUT2D eigenvalue weighted by atomic mass is 32.1. The molecule has 1 aromatic rings. The van der Waals surface area contributed by atoms with Crippen molar-refractivity contribution in [3.63, 3.8) is 0 Å². The Morgan fingerprint density at radius 2 is 1.48 bits per heavy atom. The van der Waals surface area contributed by atoms with Crippen LogP contribution in [0.15, 0.2) is 6.08 Å². The minimum atomic E-state index is -0.165. The van der Waals surface area contributed by atoms with Crippen molar-refractivity contribution in [2.45, 2.75) is 155 Å². The highest BCUT2D eigenvalue weighted by Crippen LogP contribution is 2.36. The van der Waals surface area contributed by atoms with Gasteiger partial charge in [-0.2, -0.15) is 4.37 Å². The maximum atomic E-state index is 13.2. The summed E-state index contributed by atoms with van der Waals surface area (Å²) in [6.07, 6.45) is 27.1. The molecule has 0 amide bonds. The Labute approximate surface area is 273 Å². The third-order valence-electron chi connectivity index (χ3n) is 9.58. The number of nitrogens with zero attached hydrogens (tertiary/aromatic N) is 3. The molecule has 2 aliphatic rings. The molecule has 7 nitrogen and oxygen atoms in total. The molecule has 1 saturated heterocycles. The minimum Gasteiger partial charge on any atom is -0.475 e. The molecular formula is C36H64N3O4S+. The molecule has 1 aromatic heterocycles. The van der Waals surface area contributed by atoms with Crippen molar-refractivity contribution in [3.05, 3.63) is 11.8 Å². The lowest BCUT2D eigenvalue weighted by atomic mass is 9.93. The molecule has 3 rings (SSSR count). The number of carbonyl (C=O) groups is 1. The van der Waals surface area contributed by atoms with Crippen LogP contribution in [0.2, 0.25) is 0 Å². The molecule has 0 spiro atoms. The summed E-state index contributed by atoms with van der Waals surface area (Å²) >= 11 is 1.22. The van der Waals surface area contributed by atoms with Crippen LogP contribution in [-0.4, -0.2) is 65.4 Å². The van der Waals surface area contributed by atoms with Crippen LogP contribution in [-0.2, 0) is 14.3 Å². The maximum Gasteiger partial charge on any atom is 0.310 e. The van der Waals surface area contributed by atoms with E-state index < -0.39 is 0 Å². The summed E-state index contributed by atoms with van der Waals surface area (Å²) in [7, 11) is 2.26. The summed E-state index contributed by atoms with van der Waals surface area (Å²) in [5, 5.41) is 0. The van der Waals surface area contributed by atoms with Gasteiger partial charge in [0.15, 0.2) is 0 Å². The fourth-order valence-electron chi connectivity index (χ4n) is 6.84. The molecule has 0 saturated carbocycles. The van der Waals surface area contributed by atoms with E-state index in [1.165, 1.54) is 107 Å². The van der Waals surface area contributed by atoms with Crippen molar-refractivity contribution < 1.29 is 23.5 Å². The second-order valence-electron chi connectivity index (χ2n) is 13.5. The molecule has 2 unspecified atom stereocenters. The molecule has 0 aromatic carbocycles. The number of rotatable bonds is 24. The number of hydrogen-bond acceptors (Lipinski definition) is 7. The quantitative estimate of drug-likeness (QED) is 0.0641. The van der Waals surface area contributed by atoms with Crippen LogP contribution >= 0.6 is 11.7 Å². The molecular weight excluding hydrogens is 570 g/mol. The average molecular weight is 635 g/mol. The van der Waals surface area contributed by atoms with Crippen LogP contribution in [0.25, 0.3) is 5.57 Å². The molecule has 3 heterocycles. The Morgan fingerprint density at radius 1 is 0.886 bits per heavy atom. The standard InChI is InChI=1S/C36H64N3O4S/c1-4-6-8-10-11-12-13-14-15-16-17-18-19-23-33(40)43-36(31-24-28-41-29-25-31)39(3)26-21-22-32(30-39)34-35(38-44-37-34)42-27-20-9-7-5-2/h22,31,36H,4-21,23-30H2,1-3H3/q+1. The van der Waals surface area contributed by atoms with Gasteiger partial charge in [0.2, 0.25) is 6.23 Å². The van der Waals surface area contributed by atoms with Crippen LogP contribution in [0.5, 0.6) is 5.88 Å². The van der Waals surface area contributed by atoms with Crippen LogP contribution in [0.3, 0.4) is 0 Å². The van der Waals surface area contributed by atoms with Crippen LogP contribution in [0.1, 0.15) is 154 Å². The molecule has 8 heteroatoms. The van der Waals surface area contributed by atoms with E-state index >= 15 is 0 Å². The number of likely N-dealkylation sites (N-methyl/N-ethyl adjacent to an activating group) is 1. The van der Waals surface area contributed by atoms with Gasteiger partial charge in [0.05, 0.1) is 37.8 Å². The van der Waals surface area contributed by atoms with Gasteiger partial charge >= 0.3 is 5.97 Å². The first kappa shape index (κ1) is 37.0. The second kappa shape index (κ2) is 22.1. The van der Waals surface area contributed by atoms with Crippen molar-refractivity contribution in [2.75, 3.05) is 40.0 Å². The molecule has 1 fully saturated rings. The molecule has 0 radical (unpaired) electrons. The molecule has 0 N–H and O–H groups in total. The summed E-state index contributed by atoms with van der Waals surface area (Å²) in [5.41, 5.74) is 2.04. The monoisotopic (exact) mass is 634 g/mol. The van der Waals surface area contributed by atoms with Crippen molar-refractivity contribution in [1.82, 2.24) is 8.75 Å². The van der Waals surface area contributed by atoms with Gasteiger partial charge in [0.1, 0.15) is 12.2 Å². The lowest BCUT2D eigenvalue weighted by Crippen LogP contribution is -2.60. The topological polar surface area (TPSA) is 70.5 Å². The van der Waals surface area contributed by atoms with E-state index in [2.05, 4.69) is 35.7 Å². The summed E-state index contributed by atoms with van der Waals surface area (Å²) in [4.78, 5) is 13.2. The van der Waals surface area contributed by atoms with Gasteiger partial charge in [-0.25, -0.2) is 0 Å². The average Bonchev–Trinajstić information content (AvgIpc) is 3.51. The highest BCUT2D eigenvalue weighted by molar-refractivity contribution is 6.99. The zero-order valence-electron chi connectivity index (χ0n) is 28.5. The van der Waals surface area contributed by atoms with E-state index in [-0.39, 0.29) is 12.2 Å². The van der Waals surface area contributed by atoms with E-state index in [0.29, 0.717) is 29.3 Å². The van der Waals surface area contributed by atoms with Crippen molar-refractivity contribution >= 4 is 23.3 Å². The van der Waals surface area contributed by atoms with Gasteiger partial charge in [0, 0.05) is 31.6 Å². The van der Waals surface area contributed by atoms with Gasteiger partial charge in [-0.05, 0) is 25.7 Å². The van der Waals surface area contributed by atoms with E-state index in [9.17, 15) is 4.79 Å². The fourth-order valence-corrected chi connectivity index (χ4v) is 7.37. The van der Waals surface area contributed by atoms with E-state index in [1.54, 1.807) is 0 Å². The zero-order chi connectivity index (χ0) is 31.3. The summed E-state index contributed by atoms with van der Waals surface area (Å²) in [6, 6.07) is 0. The Balaban J connectivity index is 1.44. The first-order chi connectivity index (χ1) is 21.6. The summed E-state index contributed by atoms with van der Waals surface area (Å²) in [5.74, 6) is 0.936. The van der Waals surface area contributed by atoms with E-state index in [4.69, 9.17) is 14.2 Å². The van der Waals surface area contributed by atoms with Gasteiger partial charge in [-0.3, -0.25) is 9.28 Å². The van der Waals surface area contributed by atoms with Crippen LogP contribution in [0.4, 0.5) is 0 Å². The Kier molecular flexibility index (Phi) is 18.6. The Morgan fingerprint density at radius 3 is 2.11 bits per heavy atom. The molecule has 2 atom stereocenters. The smallest absolute Gasteiger partial charge is 0.310 e. The van der Waals surface area contributed by atoms with Crippen molar-refractivity contribution in [2.24, 2.45) is 5.92 Å². The third-order valence-corrected chi connectivity index (χ3v) is 10.1. The third kappa shape index (κ3) is 13.5. The predicted molar refractivity (Wildman–Crippen MR) is 182 cm³/mol. The van der Waals surface area contributed by atoms with Gasteiger partial charge < -0.3 is 14.2 Å². The number of carbonyl (C=O) groups excluding carboxylic acids is 1. The molecule has 0 aliphatic carbocycles. The predicted octanol–water partition coefficient (Wildman–Crippen LogP) is 9.51. The zero-order valence-corrected chi connectivity index (χ0v) is 29.3. The number of esters is 1. The SMILES string of the molecule is CCCCCCCCCCCCCCCC(=O)OC(C1CCOCC1)[N+]1(C)CCC=C(c2nsnc2OCCCCCC)C1. The van der Waals surface area contributed by atoms with E-state index in [0.717, 1.165) is 70.5 Å². The summed E-state index contributed by atoms with van der Waals surface area (Å²) in [6.45, 7) is 8.38. The Bertz CT molecular complexity index is 932. The first-order valence-corrected chi connectivity index (χ1v) is 19.1. The van der Waals surface area contributed by atoms with Gasteiger partial charge in [-0.1, -0.05) is 116 Å². The second-order valence-corrected chi connectivity index (χ2v) is 14.1. The lowest BCUT2D eigenvalue weighted by molar-refractivity contribution is -0.951. The number of hydrogen-bond donors (Lipinski definition) is 0. The fraction of sp³-hybridized carbons (Fsp3) is 0.861. The lowest BCUT2D eigenvalue weighted by Gasteiger charge is -2.46. The highest BCUT2D eigenvalue weighted by Gasteiger charge is 2.44. The van der Waals surface area contributed by atoms with Crippen molar-refractivity contribution in [1.29, 1.82) is 0 Å². The molecule has 252 valence electrons. The number of unbranched alkanes of at least 4 members (excludes halogenated alkanes) is 15. The van der Waals surface area contributed by atoms with E-state index in [1.807, 2.05) is 0 Å². The molecule has 44 heavy (non-hydrogen) atoms. The molecule has 2 aliphatic heterocycles. The van der Waals surface area contributed by atoms with Crippen LogP contribution in [0, 0.1) is 5.92 Å². The number of quaternary nitrogens is 1. The number of ether oxygens (including phenoxy) is 3.